The van der Waals surface area contributed by atoms with Crippen molar-refractivity contribution in [3.8, 4) is 0 Å². The topological polar surface area (TPSA) is 40.1 Å². The van der Waals surface area contributed by atoms with Gasteiger partial charge in [-0.1, -0.05) is 48.0 Å². The Morgan fingerprint density at radius 2 is 1.96 bits per heavy atom. The molecular weight excluding hydrogens is 519 g/mol. The Bertz CT molecular complexity index is 634. The molecule has 2 fully saturated rings. The predicted octanol–water partition coefficient (Wildman–Crippen LogP) is 3.33. The fourth-order valence-electron chi connectivity index (χ4n) is 3.91. The molecule has 3 rings (SSSR count). The maximum atomic E-state index is 5.49. The molecule has 2 aliphatic rings. The number of aliphatic imine (C=N–C) groups is 1. The second-order valence-electron chi connectivity index (χ2n) is 7.80. The Kier molecular flexibility index (Phi) is 8.83. The minimum atomic E-state index is 0. The molecular formula is C20H32BrIN4O. The minimum Gasteiger partial charge on any atom is -0.379 e. The Morgan fingerprint density at radius 1 is 1.26 bits per heavy atom. The lowest BCUT2D eigenvalue weighted by Gasteiger charge is -2.33. The average Bonchev–Trinajstić information content (AvgIpc) is 3.13. The van der Waals surface area contributed by atoms with Crippen LogP contribution in [0.4, 0.5) is 0 Å². The highest BCUT2D eigenvalue weighted by Crippen LogP contribution is 2.29. The highest BCUT2D eigenvalue weighted by Gasteiger charge is 2.31. The molecule has 5 nitrogen and oxygen atoms in total. The quantitative estimate of drug-likeness (QED) is 0.355. The monoisotopic (exact) mass is 550 g/mol. The first-order valence-electron chi connectivity index (χ1n) is 9.53. The zero-order valence-corrected chi connectivity index (χ0v) is 20.5. The zero-order chi connectivity index (χ0) is 18.6. The molecule has 1 aromatic carbocycles. The fraction of sp³-hybridized carbons (Fsp3) is 0.650. The van der Waals surface area contributed by atoms with Gasteiger partial charge >= 0.3 is 0 Å². The molecule has 1 N–H and O–H groups in total. The maximum Gasteiger partial charge on any atom is 0.193 e. The van der Waals surface area contributed by atoms with Gasteiger partial charge in [0.25, 0.3) is 0 Å². The number of halogens is 2. The lowest BCUT2D eigenvalue weighted by Crippen LogP contribution is -2.48. The van der Waals surface area contributed by atoms with Crippen molar-refractivity contribution in [1.29, 1.82) is 0 Å². The normalized spacial score (nSPS) is 21.9. The van der Waals surface area contributed by atoms with E-state index in [1.165, 1.54) is 12.0 Å². The third-order valence-electron chi connectivity index (χ3n) is 5.53. The van der Waals surface area contributed by atoms with Crippen LogP contribution >= 0.6 is 39.9 Å². The highest BCUT2D eigenvalue weighted by atomic mass is 127. The number of hydrogen-bond donors (Lipinski definition) is 1. The second kappa shape index (κ2) is 10.4. The summed E-state index contributed by atoms with van der Waals surface area (Å²) in [6, 6.07) is 9.09. The zero-order valence-electron chi connectivity index (χ0n) is 16.6. The van der Waals surface area contributed by atoms with Crippen molar-refractivity contribution in [3.63, 3.8) is 0 Å². The number of nitrogens with zero attached hydrogens (tertiary/aromatic N) is 3. The smallest absolute Gasteiger partial charge is 0.193 e. The summed E-state index contributed by atoms with van der Waals surface area (Å²) in [6.45, 7) is 11.3. The van der Waals surface area contributed by atoms with E-state index in [1.54, 1.807) is 0 Å². The molecule has 27 heavy (non-hydrogen) atoms. The summed E-state index contributed by atoms with van der Waals surface area (Å²) < 4.78 is 6.65. The Morgan fingerprint density at radius 3 is 2.63 bits per heavy atom. The summed E-state index contributed by atoms with van der Waals surface area (Å²) in [4.78, 5) is 9.52. The lowest BCUT2D eigenvalue weighted by atomic mass is 9.84. The van der Waals surface area contributed by atoms with E-state index in [0.29, 0.717) is 6.04 Å². The van der Waals surface area contributed by atoms with Crippen molar-refractivity contribution in [2.24, 2.45) is 4.99 Å². The molecule has 2 saturated heterocycles. The van der Waals surface area contributed by atoms with Crippen molar-refractivity contribution in [2.75, 3.05) is 53.0 Å². The molecule has 152 valence electrons. The first-order chi connectivity index (χ1) is 12.5. The van der Waals surface area contributed by atoms with Crippen LogP contribution in [0.1, 0.15) is 25.8 Å². The van der Waals surface area contributed by atoms with Crippen LogP contribution in [0.3, 0.4) is 0 Å². The summed E-state index contributed by atoms with van der Waals surface area (Å²) >= 11 is 3.69. The van der Waals surface area contributed by atoms with Crippen LogP contribution in [0.25, 0.3) is 0 Å². The average molecular weight is 551 g/mol. The van der Waals surface area contributed by atoms with Gasteiger partial charge in [0.2, 0.25) is 0 Å². The van der Waals surface area contributed by atoms with Gasteiger partial charge < -0.3 is 15.0 Å². The molecule has 0 spiro atoms. The van der Waals surface area contributed by atoms with E-state index in [1.807, 2.05) is 7.05 Å². The van der Waals surface area contributed by atoms with Crippen LogP contribution in [-0.2, 0) is 10.2 Å². The third-order valence-corrected chi connectivity index (χ3v) is 6.22. The number of nitrogens with one attached hydrogen (secondary N) is 1. The summed E-state index contributed by atoms with van der Waals surface area (Å²) in [7, 11) is 1.88. The van der Waals surface area contributed by atoms with Gasteiger partial charge in [-0.2, -0.15) is 0 Å². The number of likely N-dealkylation sites (tertiary alicyclic amines) is 1. The Balaban J connectivity index is 0.00000261. The van der Waals surface area contributed by atoms with Crippen LogP contribution in [0.15, 0.2) is 33.7 Å². The van der Waals surface area contributed by atoms with E-state index in [2.05, 4.69) is 74.2 Å². The van der Waals surface area contributed by atoms with Crippen molar-refractivity contribution in [1.82, 2.24) is 15.1 Å². The molecule has 7 heteroatoms. The summed E-state index contributed by atoms with van der Waals surface area (Å²) in [5, 5.41) is 3.61. The molecule has 2 heterocycles. The van der Waals surface area contributed by atoms with E-state index in [4.69, 9.17) is 4.74 Å². The Hall–Kier alpha value is -0.380. The molecule has 1 aromatic rings. The van der Waals surface area contributed by atoms with Crippen molar-refractivity contribution < 1.29 is 4.74 Å². The molecule has 0 bridgehead atoms. The van der Waals surface area contributed by atoms with Gasteiger partial charge in [-0.3, -0.25) is 9.89 Å². The molecule has 0 aromatic heterocycles. The Labute approximate surface area is 189 Å². The van der Waals surface area contributed by atoms with Gasteiger partial charge in [0, 0.05) is 55.7 Å². The van der Waals surface area contributed by atoms with Crippen molar-refractivity contribution in [2.45, 2.75) is 31.7 Å². The van der Waals surface area contributed by atoms with Gasteiger partial charge in [-0.25, -0.2) is 0 Å². The van der Waals surface area contributed by atoms with Crippen LogP contribution in [0, 0.1) is 0 Å². The van der Waals surface area contributed by atoms with Crippen molar-refractivity contribution in [3.05, 3.63) is 34.3 Å². The van der Waals surface area contributed by atoms with Crippen LogP contribution in [0.2, 0.25) is 0 Å². The van der Waals surface area contributed by atoms with Gasteiger partial charge in [0.05, 0.1) is 13.2 Å². The standard InChI is InChI=1S/C20H31BrN4O.HI/c1-20(2,17-6-4-5-7-18(17)21)15-23-19(22-3)25-9-8-16(14-25)24-10-12-26-13-11-24;/h4-7,16H,8-15H2,1-3H3,(H,22,23);1H. The molecule has 0 radical (unpaired) electrons. The second-order valence-corrected chi connectivity index (χ2v) is 8.66. The van der Waals surface area contributed by atoms with E-state index in [-0.39, 0.29) is 29.4 Å². The summed E-state index contributed by atoms with van der Waals surface area (Å²) in [5.41, 5.74) is 1.33. The van der Waals surface area contributed by atoms with E-state index in [9.17, 15) is 0 Å². The van der Waals surface area contributed by atoms with Crippen molar-refractivity contribution >= 4 is 45.9 Å². The minimum absolute atomic E-state index is 0. The molecule has 0 aliphatic carbocycles. The largest absolute Gasteiger partial charge is 0.379 e. The van der Waals surface area contributed by atoms with Gasteiger partial charge in [0.1, 0.15) is 0 Å². The number of morpholine rings is 1. The van der Waals surface area contributed by atoms with Crippen LogP contribution in [0.5, 0.6) is 0 Å². The molecule has 1 unspecified atom stereocenters. The summed E-state index contributed by atoms with van der Waals surface area (Å²) in [6.07, 6.45) is 1.20. The van der Waals surface area contributed by atoms with Crippen LogP contribution in [-0.4, -0.2) is 74.8 Å². The fourth-order valence-corrected chi connectivity index (χ4v) is 4.73. The van der Waals surface area contributed by atoms with Gasteiger partial charge in [-0.15, -0.1) is 24.0 Å². The number of benzene rings is 1. The van der Waals surface area contributed by atoms with Crippen LogP contribution < -0.4 is 5.32 Å². The molecule has 0 amide bonds. The molecule has 2 aliphatic heterocycles. The third kappa shape index (κ3) is 5.81. The highest BCUT2D eigenvalue weighted by molar-refractivity contribution is 14.0. The lowest BCUT2D eigenvalue weighted by molar-refractivity contribution is 0.0195. The number of hydrogen-bond acceptors (Lipinski definition) is 3. The molecule has 0 saturated carbocycles. The van der Waals surface area contributed by atoms with Gasteiger partial charge in [0.15, 0.2) is 5.96 Å². The molecule has 1 atom stereocenters. The number of rotatable bonds is 4. The number of ether oxygens (including phenoxy) is 1. The van der Waals surface area contributed by atoms with E-state index < -0.39 is 0 Å². The summed E-state index contributed by atoms with van der Waals surface area (Å²) in [5.74, 6) is 1.01. The predicted molar refractivity (Wildman–Crippen MR) is 126 cm³/mol. The first kappa shape index (κ1) is 22.9. The van der Waals surface area contributed by atoms with E-state index in [0.717, 1.165) is 56.4 Å². The first-order valence-corrected chi connectivity index (χ1v) is 10.3. The SMILES string of the molecule is CN=C(NCC(C)(C)c1ccccc1Br)N1CCC(N2CCOCC2)C1.I. The number of guanidine groups is 1. The maximum absolute atomic E-state index is 5.49. The van der Waals surface area contributed by atoms with Gasteiger partial charge in [-0.05, 0) is 18.1 Å². The van der Waals surface area contributed by atoms with E-state index >= 15 is 0 Å².